The van der Waals surface area contributed by atoms with Crippen LogP contribution in [0.1, 0.15) is 12.8 Å². The highest BCUT2D eigenvalue weighted by Gasteiger charge is 2.26. The Bertz CT molecular complexity index is 667. The molecule has 1 amide bonds. The molecule has 2 aromatic rings. The third-order valence-electron chi connectivity index (χ3n) is 3.94. The molecule has 3 heterocycles. The average Bonchev–Trinajstić information content (AvgIpc) is 2.63. The Balaban J connectivity index is 1.65. The fourth-order valence-electron chi connectivity index (χ4n) is 2.78. The van der Waals surface area contributed by atoms with Gasteiger partial charge < -0.3 is 10.2 Å². The number of carbonyl (C=O) groups is 1. The average molecular weight is 329 g/mol. The maximum atomic E-state index is 12.5. The van der Waals surface area contributed by atoms with Crippen LogP contribution in [0.4, 0.5) is 11.4 Å². The first kappa shape index (κ1) is 15.8. The second kappa shape index (κ2) is 7.43. The number of carbonyl (C=O) groups excluding carboxylic acids is 1. The first-order valence-electron chi connectivity index (χ1n) is 7.55. The first-order chi connectivity index (χ1) is 11.3. The molecule has 23 heavy (non-hydrogen) atoms. The molecule has 1 saturated heterocycles. The summed E-state index contributed by atoms with van der Waals surface area (Å²) in [6.45, 7) is 1.69. The summed E-state index contributed by atoms with van der Waals surface area (Å²) in [6.07, 6.45) is 7.11. The van der Waals surface area contributed by atoms with Crippen molar-refractivity contribution in [2.75, 3.05) is 23.3 Å². The van der Waals surface area contributed by atoms with Gasteiger partial charge in [-0.05, 0) is 49.1 Å². The molecule has 1 fully saturated rings. The summed E-state index contributed by atoms with van der Waals surface area (Å²) in [4.78, 5) is 22.9. The number of hydrogen-bond donors (Lipinski definition) is 2. The van der Waals surface area contributed by atoms with Crippen LogP contribution in [0, 0.1) is 5.92 Å². The van der Waals surface area contributed by atoms with E-state index >= 15 is 0 Å². The Morgan fingerprint density at radius 2 is 2.13 bits per heavy atom. The fourth-order valence-corrected chi connectivity index (χ4v) is 3.09. The van der Waals surface area contributed by atoms with E-state index in [4.69, 9.17) is 5.14 Å². The van der Waals surface area contributed by atoms with E-state index in [1.54, 1.807) is 30.7 Å². The minimum atomic E-state index is -0.0286. The van der Waals surface area contributed by atoms with E-state index < -0.39 is 0 Å². The van der Waals surface area contributed by atoms with E-state index in [1.807, 2.05) is 12.1 Å². The SMILES string of the molecule is NSc1cc(NC(=O)C2CCCN(c3ccncc3)C2)ccn1. The molecule has 1 unspecified atom stereocenters. The van der Waals surface area contributed by atoms with Gasteiger partial charge >= 0.3 is 0 Å². The lowest BCUT2D eigenvalue weighted by Crippen LogP contribution is -2.40. The minimum absolute atomic E-state index is 0.0286. The number of pyridine rings is 2. The number of rotatable bonds is 4. The van der Waals surface area contributed by atoms with Crippen molar-refractivity contribution in [1.82, 2.24) is 9.97 Å². The second-order valence-corrected chi connectivity index (χ2v) is 6.13. The second-order valence-electron chi connectivity index (χ2n) is 5.48. The van der Waals surface area contributed by atoms with Gasteiger partial charge in [-0.15, -0.1) is 0 Å². The summed E-state index contributed by atoms with van der Waals surface area (Å²) in [5.41, 5.74) is 1.85. The lowest BCUT2D eigenvalue weighted by atomic mass is 9.96. The smallest absolute Gasteiger partial charge is 0.229 e. The van der Waals surface area contributed by atoms with Gasteiger partial charge in [0.1, 0.15) is 5.03 Å². The topological polar surface area (TPSA) is 84.1 Å². The molecule has 3 rings (SSSR count). The predicted molar refractivity (Wildman–Crippen MR) is 92.1 cm³/mol. The van der Waals surface area contributed by atoms with Crippen LogP contribution in [0.5, 0.6) is 0 Å². The van der Waals surface area contributed by atoms with Crippen LogP contribution >= 0.6 is 11.9 Å². The van der Waals surface area contributed by atoms with Crippen molar-refractivity contribution in [3.8, 4) is 0 Å². The Morgan fingerprint density at radius 1 is 1.30 bits per heavy atom. The predicted octanol–water partition coefficient (Wildman–Crippen LogP) is 2.30. The van der Waals surface area contributed by atoms with Crippen LogP contribution < -0.4 is 15.4 Å². The quantitative estimate of drug-likeness (QED) is 0.837. The van der Waals surface area contributed by atoms with Crippen LogP contribution in [-0.4, -0.2) is 29.0 Å². The van der Waals surface area contributed by atoms with Crippen LogP contribution in [0.15, 0.2) is 47.9 Å². The van der Waals surface area contributed by atoms with Gasteiger partial charge in [-0.25, -0.2) is 4.98 Å². The van der Waals surface area contributed by atoms with Gasteiger partial charge in [-0.1, -0.05) is 0 Å². The molecule has 3 N–H and O–H groups in total. The van der Waals surface area contributed by atoms with Gasteiger partial charge in [-0.3, -0.25) is 14.9 Å². The lowest BCUT2D eigenvalue weighted by molar-refractivity contribution is -0.120. The zero-order chi connectivity index (χ0) is 16.1. The molecule has 6 nitrogen and oxygen atoms in total. The third-order valence-corrected chi connectivity index (χ3v) is 4.41. The standard InChI is InChI=1S/C16H19N5OS/c17-23-15-10-13(3-8-19-15)20-16(22)12-2-1-9-21(11-12)14-4-6-18-7-5-14/h3-8,10,12H,1-2,9,11,17H2,(H,19,20,22). The van der Waals surface area contributed by atoms with Crippen LogP contribution in [0.3, 0.4) is 0 Å². The molecular weight excluding hydrogens is 310 g/mol. The van der Waals surface area contributed by atoms with Crippen molar-refractivity contribution >= 4 is 29.2 Å². The molecule has 0 spiro atoms. The largest absolute Gasteiger partial charge is 0.371 e. The molecule has 0 aromatic carbocycles. The molecule has 7 heteroatoms. The summed E-state index contributed by atoms with van der Waals surface area (Å²) in [5, 5.41) is 9.16. The number of aromatic nitrogens is 2. The highest BCUT2D eigenvalue weighted by atomic mass is 32.2. The van der Waals surface area contributed by atoms with E-state index in [0.29, 0.717) is 5.03 Å². The van der Waals surface area contributed by atoms with Crippen LogP contribution in [-0.2, 0) is 4.79 Å². The molecule has 2 aromatic heterocycles. The number of nitrogens with one attached hydrogen (secondary N) is 1. The van der Waals surface area contributed by atoms with Gasteiger partial charge in [0.2, 0.25) is 5.91 Å². The van der Waals surface area contributed by atoms with Crippen molar-refractivity contribution in [3.05, 3.63) is 42.9 Å². The molecule has 1 aliphatic heterocycles. The lowest BCUT2D eigenvalue weighted by Gasteiger charge is -2.33. The zero-order valence-electron chi connectivity index (χ0n) is 12.7. The summed E-state index contributed by atoms with van der Waals surface area (Å²) in [6, 6.07) is 7.52. The summed E-state index contributed by atoms with van der Waals surface area (Å²) < 4.78 is 0. The molecule has 0 bridgehead atoms. The molecule has 1 atom stereocenters. The number of nitrogens with two attached hydrogens (primary N) is 1. The van der Waals surface area contributed by atoms with Crippen molar-refractivity contribution in [2.45, 2.75) is 17.9 Å². The normalized spacial score (nSPS) is 17.8. The molecule has 1 aliphatic rings. The molecule has 0 saturated carbocycles. The molecular formula is C16H19N5OS. The summed E-state index contributed by atoms with van der Waals surface area (Å²) in [7, 11) is 0. The molecule has 120 valence electrons. The van der Waals surface area contributed by atoms with Crippen molar-refractivity contribution < 1.29 is 4.79 Å². The van der Waals surface area contributed by atoms with Crippen LogP contribution in [0.25, 0.3) is 0 Å². The fraction of sp³-hybridized carbons (Fsp3) is 0.312. The summed E-state index contributed by atoms with van der Waals surface area (Å²) in [5.74, 6) is 0.0157. The van der Waals surface area contributed by atoms with Gasteiger partial charge in [0.05, 0.1) is 5.92 Å². The van der Waals surface area contributed by atoms with Gasteiger partial charge in [-0.2, -0.15) is 0 Å². The van der Waals surface area contributed by atoms with E-state index in [2.05, 4.69) is 20.2 Å². The Kier molecular flexibility index (Phi) is 5.09. The Labute approximate surface area is 139 Å². The third kappa shape index (κ3) is 4.00. The van der Waals surface area contributed by atoms with Crippen molar-refractivity contribution in [1.29, 1.82) is 0 Å². The number of piperidine rings is 1. The zero-order valence-corrected chi connectivity index (χ0v) is 13.5. The minimum Gasteiger partial charge on any atom is -0.371 e. The summed E-state index contributed by atoms with van der Waals surface area (Å²) >= 11 is 1.07. The van der Waals surface area contributed by atoms with Crippen LogP contribution in [0.2, 0.25) is 0 Å². The van der Waals surface area contributed by atoms with Gasteiger partial charge in [0.25, 0.3) is 0 Å². The van der Waals surface area contributed by atoms with Gasteiger partial charge in [0, 0.05) is 43.1 Å². The molecule has 0 radical (unpaired) electrons. The monoisotopic (exact) mass is 329 g/mol. The van der Waals surface area contributed by atoms with Crippen molar-refractivity contribution in [2.24, 2.45) is 11.1 Å². The Hall–Kier alpha value is -2.12. The van der Waals surface area contributed by atoms with Crippen molar-refractivity contribution in [3.63, 3.8) is 0 Å². The number of nitrogens with zero attached hydrogens (tertiary/aromatic N) is 3. The number of hydrogen-bond acceptors (Lipinski definition) is 6. The van der Waals surface area contributed by atoms with E-state index in [1.165, 1.54) is 0 Å². The van der Waals surface area contributed by atoms with E-state index in [9.17, 15) is 4.79 Å². The molecule has 0 aliphatic carbocycles. The first-order valence-corrected chi connectivity index (χ1v) is 8.43. The Morgan fingerprint density at radius 3 is 2.91 bits per heavy atom. The maximum Gasteiger partial charge on any atom is 0.229 e. The van der Waals surface area contributed by atoms with Gasteiger partial charge in [0.15, 0.2) is 0 Å². The highest BCUT2D eigenvalue weighted by Crippen LogP contribution is 2.24. The number of amides is 1. The van der Waals surface area contributed by atoms with E-state index in [-0.39, 0.29) is 11.8 Å². The number of anilines is 2. The highest BCUT2D eigenvalue weighted by molar-refractivity contribution is 7.97. The van der Waals surface area contributed by atoms with E-state index in [0.717, 1.165) is 49.3 Å². The maximum absolute atomic E-state index is 12.5.